The van der Waals surface area contributed by atoms with Gasteiger partial charge in [-0.15, -0.1) is 0 Å². The maximum absolute atomic E-state index is 12.0. The highest BCUT2D eigenvalue weighted by atomic mass is 32.1. The molecule has 138 valence electrons. The number of nitrogens with one attached hydrogen (secondary N) is 2. The van der Waals surface area contributed by atoms with Crippen molar-refractivity contribution in [3.05, 3.63) is 65.7 Å². The molecule has 2 rings (SSSR count). The molecule has 1 atom stereocenters. The molecule has 0 aromatic heterocycles. The Morgan fingerprint density at radius 1 is 1.04 bits per heavy atom. The summed E-state index contributed by atoms with van der Waals surface area (Å²) in [6.07, 6.45) is 0.988. The van der Waals surface area contributed by atoms with Crippen LogP contribution in [0.3, 0.4) is 0 Å². The van der Waals surface area contributed by atoms with E-state index < -0.39 is 0 Å². The van der Waals surface area contributed by atoms with Crippen molar-refractivity contribution in [1.82, 2.24) is 10.2 Å². The van der Waals surface area contributed by atoms with Crippen molar-refractivity contribution in [2.45, 2.75) is 26.3 Å². The highest BCUT2D eigenvalue weighted by molar-refractivity contribution is 7.80. The normalized spacial score (nSPS) is 11.7. The van der Waals surface area contributed by atoms with Crippen LogP contribution in [0.15, 0.2) is 54.6 Å². The van der Waals surface area contributed by atoms with Gasteiger partial charge in [0.25, 0.3) is 5.91 Å². The Balaban J connectivity index is 2.02. The molecule has 0 saturated heterocycles. The maximum atomic E-state index is 12.0. The predicted molar refractivity (Wildman–Crippen MR) is 112 cm³/mol. The van der Waals surface area contributed by atoms with Crippen molar-refractivity contribution in [1.29, 1.82) is 0 Å². The second kappa shape index (κ2) is 9.34. The van der Waals surface area contributed by atoms with Crippen LogP contribution < -0.4 is 10.6 Å². The van der Waals surface area contributed by atoms with E-state index in [1.807, 2.05) is 30.3 Å². The molecular formula is C21H27N3OS. The SMILES string of the molecule is CC(C)C[C@@H](NC(=S)Nc1ccc(C(=O)N(C)C)cc1)c1ccccc1. The predicted octanol–water partition coefficient (Wildman–Crippen LogP) is 4.46. The minimum atomic E-state index is -0.0154. The number of carbonyl (C=O) groups is 1. The van der Waals surface area contributed by atoms with Crippen LogP contribution in [0.1, 0.15) is 42.2 Å². The molecule has 0 radical (unpaired) electrons. The van der Waals surface area contributed by atoms with Crippen LogP contribution in [0.25, 0.3) is 0 Å². The zero-order chi connectivity index (χ0) is 19.1. The van der Waals surface area contributed by atoms with E-state index in [-0.39, 0.29) is 11.9 Å². The number of nitrogens with zero attached hydrogens (tertiary/aromatic N) is 1. The molecule has 0 saturated carbocycles. The number of amides is 1. The monoisotopic (exact) mass is 369 g/mol. The second-order valence-corrected chi connectivity index (χ2v) is 7.38. The molecule has 0 aliphatic carbocycles. The highest BCUT2D eigenvalue weighted by Gasteiger charge is 2.14. The Bertz CT molecular complexity index is 727. The van der Waals surface area contributed by atoms with Crippen LogP contribution in [0.2, 0.25) is 0 Å². The van der Waals surface area contributed by atoms with Crippen molar-refractivity contribution in [3.63, 3.8) is 0 Å². The van der Waals surface area contributed by atoms with Gasteiger partial charge in [-0.1, -0.05) is 44.2 Å². The number of rotatable bonds is 6. The number of carbonyl (C=O) groups excluding carboxylic acids is 1. The number of hydrogen-bond donors (Lipinski definition) is 2. The first-order chi connectivity index (χ1) is 12.4. The summed E-state index contributed by atoms with van der Waals surface area (Å²) >= 11 is 5.49. The van der Waals surface area contributed by atoms with E-state index in [9.17, 15) is 4.79 Å². The average molecular weight is 370 g/mol. The molecule has 0 bridgehead atoms. The first-order valence-corrected chi connectivity index (χ1v) is 9.22. The van der Waals surface area contributed by atoms with Gasteiger partial charge in [0, 0.05) is 25.3 Å². The lowest BCUT2D eigenvalue weighted by atomic mass is 9.97. The van der Waals surface area contributed by atoms with Crippen LogP contribution in [-0.2, 0) is 0 Å². The highest BCUT2D eigenvalue weighted by Crippen LogP contribution is 2.21. The van der Waals surface area contributed by atoms with Crippen molar-refractivity contribution < 1.29 is 4.79 Å². The van der Waals surface area contributed by atoms with Crippen LogP contribution in [0.4, 0.5) is 5.69 Å². The van der Waals surface area contributed by atoms with Crippen LogP contribution in [0, 0.1) is 5.92 Å². The standard InChI is InChI=1S/C21H27N3OS/c1-15(2)14-19(16-8-6-5-7-9-16)23-21(26)22-18-12-10-17(11-13-18)20(25)24(3)4/h5-13,15,19H,14H2,1-4H3,(H2,22,23,26)/t19-/m1/s1. The summed E-state index contributed by atoms with van der Waals surface area (Å²) in [6.45, 7) is 4.41. The van der Waals surface area contributed by atoms with Crippen LogP contribution in [-0.4, -0.2) is 30.0 Å². The maximum Gasteiger partial charge on any atom is 0.253 e. The number of thiocarbonyl (C=S) groups is 1. The van der Waals surface area contributed by atoms with Crippen molar-refractivity contribution in [3.8, 4) is 0 Å². The Hall–Kier alpha value is -2.40. The van der Waals surface area contributed by atoms with Gasteiger partial charge in [-0.05, 0) is 54.4 Å². The molecule has 0 aliphatic heterocycles. The molecule has 0 spiro atoms. The van der Waals surface area contributed by atoms with E-state index >= 15 is 0 Å². The molecule has 26 heavy (non-hydrogen) atoms. The molecule has 2 aromatic carbocycles. The minimum absolute atomic E-state index is 0.0154. The lowest BCUT2D eigenvalue weighted by Crippen LogP contribution is -2.33. The summed E-state index contributed by atoms with van der Waals surface area (Å²) in [5, 5.41) is 7.20. The van der Waals surface area contributed by atoms with Gasteiger partial charge in [0.1, 0.15) is 0 Å². The third-order valence-electron chi connectivity index (χ3n) is 4.01. The first kappa shape index (κ1) is 19.9. The summed E-state index contributed by atoms with van der Waals surface area (Å²) in [5.41, 5.74) is 2.73. The number of anilines is 1. The second-order valence-electron chi connectivity index (χ2n) is 6.97. The lowest BCUT2D eigenvalue weighted by molar-refractivity contribution is 0.0827. The summed E-state index contributed by atoms with van der Waals surface area (Å²) in [5.74, 6) is 0.533. The fourth-order valence-electron chi connectivity index (χ4n) is 2.71. The van der Waals surface area contributed by atoms with Crippen molar-refractivity contribution in [2.24, 2.45) is 5.92 Å². The zero-order valence-corrected chi connectivity index (χ0v) is 16.6. The molecule has 1 amide bonds. The smallest absolute Gasteiger partial charge is 0.253 e. The van der Waals surface area contributed by atoms with E-state index in [0.717, 1.165) is 12.1 Å². The van der Waals surface area contributed by atoms with Crippen molar-refractivity contribution >= 4 is 28.9 Å². The van der Waals surface area contributed by atoms with Gasteiger partial charge in [-0.25, -0.2) is 0 Å². The summed E-state index contributed by atoms with van der Waals surface area (Å²) in [7, 11) is 3.48. The third kappa shape index (κ3) is 5.85. The zero-order valence-electron chi connectivity index (χ0n) is 15.8. The first-order valence-electron chi connectivity index (χ1n) is 8.81. The molecule has 0 heterocycles. The number of benzene rings is 2. The fraction of sp³-hybridized carbons (Fsp3) is 0.333. The lowest BCUT2D eigenvalue weighted by Gasteiger charge is -2.23. The third-order valence-corrected chi connectivity index (χ3v) is 4.23. The van der Waals surface area contributed by atoms with E-state index in [1.54, 1.807) is 31.1 Å². The molecule has 0 aliphatic rings. The number of hydrogen-bond acceptors (Lipinski definition) is 2. The Morgan fingerprint density at radius 2 is 1.65 bits per heavy atom. The Labute approximate surface area is 161 Å². The minimum Gasteiger partial charge on any atom is -0.356 e. The Morgan fingerprint density at radius 3 is 2.19 bits per heavy atom. The summed E-state index contributed by atoms with van der Waals surface area (Å²) < 4.78 is 0. The Kier molecular flexibility index (Phi) is 7.16. The molecule has 5 heteroatoms. The summed E-state index contributed by atoms with van der Waals surface area (Å²) in [6, 6.07) is 17.8. The van der Waals surface area contributed by atoms with Gasteiger partial charge in [0.05, 0.1) is 6.04 Å². The van der Waals surface area contributed by atoms with Gasteiger partial charge in [-0.3, -0.25) is 4.79 Å². The van der Waals surface area contributed by atoms with Gasteiger partial charge >= 0.3 is 0 Å². The van der Waals surface area contributed by atoms with E-state index in [0.29, 0.717) is 16.6 Å². The molecule has 0 unspecified atom stereocenters. The van der Waals surface area contributed by atoms with E-state index in [1.165, 1.54) is 5.56 Å². The average Bonchev–Trinajstić information content (AvgIpc) is 2.61. The van der Waals surface area contributed by atoms with Gasteiger partial charge < -0.3 is 15.5 Å². The van der Waals surface area contributed by atoms with Gasteiger partial charge in [0.15, 0.2) is 5.11 Å². The molecule has 0 fully saturated rings. The molecule has 4 nitrogen and oxygen atoms in total. The molecule has 2 N–H and O–H groups in total. The van der Waals surface area contributed by atoms with Gasteiger partial charge in [0.2, 0.25) is 0 Å². The summed E-state index contributed by atoms with van der Waals surface area (Å²) in [4.78, 5) is 13.5. The van der Waals surface area contributed by atoms with Gasteiger partial charge in [-0.2, -0.15) is 0 Å². The van der Waals surface area contributed by atoms with Crippen LogP contribution >= 0.6 is 12.2 Å². The quantitative estimate of drug-likeness (QED) is 0.738. The topological polar surface area (TPSA) is 44.4 Å². The fourth-order valence-corrected chi connectivity index (χ4v) is 2.97. The van der Waals surface area contributed by atoms with Crippen LogP contribution in [0.5, 0.6) is 0 Å². The van der Waals surface area contributed by atoms with E-state index in [2.05, 4.69) is 36.6 Å². The molecule has 2 aromatic rings. The largest absolute Gasteiger partial charge is 0.356 e. The van der Waals surface area contributed by atoms with Crippen molar-refractivity contribution in [2.75, 3.05) is 19.4 Å². The van der Waals surface area contributed by atoms with E-state index in [4.69, 9.17) is 12.2 Å². The molecular weight excluding hydrogens is 342 g/mol.